The molecule has 1 N–H and O–H groups in total. The molecule has 25 heavy (non-hydrogen) atoms. The van der Waals surface area contributed by atoms with E-state index in [9.17, 15) is 9.18 Å². The average Bonchev–Trinajstić information content (AvgIpc) is 3.15. The van der Waals surface area contributed by atoms with Gasteiger partial charge in [-0.05, 0) is 18.2 Å². The Morgan fingerprint density at radius 2 is 2.24 bits per heavy atom. The summed E-state index contributed by atoms with van der Waals surface area (Å²) >= 11 is 5.66. The highest BCUT2D eigenvalue weighted by atomic mass is 35.5. The molecule has 0 aliphatic heterocycles. The number of rotatable bonds is 6. The van der Waals surface area contributed by atoms with Crippen LogP contribution in [0, 0.1) is 5.82 Å². The van der Waals surface area contributed by atoms with Gasteiger partial charge in [-0.1, -0.05) is 17.7 Å². The lowest BCUT2D eigenvalue weighted by Crippen LogP contribution is -2.29. The number of hydrogen-bond donors (Lipinski definition) is 1. The highest BCUT2D eigenvalue weighted by molar-refractivity contribution is 6.30. The molecule has 0 fully saturated rings. The lowest BCUT2D eigenvalue weighted by atomic mass is 10.2. The van der Waals surface area contributed by atoms with Gasteiger partial charge in [0.05, 0.1) is 5.02 Å². The van der Waals surface area contributed by atoms with Gasteiger partial charge in [0.25, 0.3) is 5.91 Å². The predicted octanol–water partition coefficient (Wildman–Crippen LogP) is 2.15. The van der Waals surface area contributed by atoms with E-state index in [1.807, 2.05) is 6.07 Å². The maximum absolute atomic E-state index is 13.1. The first-order valence-corrected chi connectivity index (χ1v) is 7.65. The lowest BCUT2D eigenvalue weighted by Gasteiger charge is -2.10. The number of benzene rings is 1. The Morgan fingerprint density at radius 3 is 3.00 bits per heavy atom. The minimum Gasteiger partial charge on any atom is -0.484 e. The van der Waals surface area contributed by atoms with E-state index >= 15 is 0 Å². The van der Waals surface area contributed by atoms with Crippen LogP contribution < -0.4 is 10.1 Å². The van der Waals surface area contributed by atoms with Crippen molar-refractivity contribution in [3.05, 3.63) is 65.6 Å². The second-order valence-corrected chi connectivity index (χ2v) is 5.37. The summed E-state index contributed by atoms with van der Waals surface area (Å²) in [5.74, 6) is 0.00212. The molecular weight excluding hydrogens is 349 g/mol. The van der Waals surface area contributed by atoms with Crippen LogP contribution in [0.5, 0.6) is 5.75 Å². The molecule has 0 unspecified atom stereocenters. The number of nitrogens with zero attached hydrogens (tertiary/aromatic N) is 4. The Morgan fingerprint density at radius 1 is 1.36 bits per heavy atom. The van der Waals surface area contributed by atoms with E-state index in [4.69, 9.17) is 16.3 Å². The fourth-order valence-corrected chi connectivity index (χ4v) is 2.22. The van der Waals surface area contributed by atoms with Gasteiger partial charge in [0.1, 0.15) is 24.2 Å². The number of halogens is 2. The number of pyridine rings is 1. The highest BCUT2D eigenvalue weighted by Crippen LogP contribution is 2.20. The number of carbonyl (C=O) groups excluding carboxylic acids is 1. The monoisotopic (exact) mass is 361 g/mol. The van der Waals surface area contributed by atoms with Crippen LogP contribution in [-0.2, 0) is 11.3 Å². The van der Waals surface area contributed by atoms with Crippen molar-refractivity contribution in [1.29, 1.82) is 0 Å². The lowest BCUT2D eigenvalue weighted by molar-refractivity contribution is -0.123. The van der Waals surface area contributed by atoms with Gasteiger partial charge in [0.2, 0.25) is 0 Å². The van der Waals surface area contributed by atoms with E-state index in [0.717, 1.165) is 5.56 Å². The van der Waals surface area contributed by atoms with Crippen LogP contribution in [-0.4, -0.2) is 32.3 Å². The Hall–Kier alpha value is -3.00. The third-order valence-electron chi connectivity index (χ3n) is 3.24. The molecule has 0 spiro atoms. The van der Waals surface area contributed by atoms with Gasteiger partial charge < -0.3 is 10.1 Å². The summed E-state index contributed by atoms with van der Waals surface area (Å²) in [4.78, 5) is 20.1. The van der Waals surface area contributed by atoms with Crippen LogP contribution in [0.1, 0.15) is 5.56 Å². The van der Waals surface area contributed by atoms with Gasteiger partial charge in [-0.15, -0.1) is 0 Å². The Labute approximate surface area is 147 Å². The molecular formula is C16H13ClFN5O2. The van der Waals surface area contributed by atoms with E-state index in [1.165, 1.54) is 35.5 Å². The van der Waals surface area contributed by atoms with Crippen molar-refractivity contribution in [2.75, 3.05) is 6.61 Å². The van der Waals surface area contributed by atoms with Crippen molar-refractivity contribution in [1.82, 2.24) is 25.1 Å². The minimum atomic E-state index is -0.546. The Kier molecular flexibility index (Phi) is 5.20. The smallest absolute Gasteiger partial charge is 0.258 e. The summed E-state index contributed by atoms with van der Waals surface area (Å²) in [5.41, 5.74) is 0.770. The Bertz CT molecular complexity index is 873. The Balaban J connectivity index is 1.57. The van der Waals surface area contributed by atoms with Crippen molar-refractivity contribution in [2.24, 2.45) is 0 Å². The van der Waals surface area contributed by atoms with Crippen molar-refractivity contribution in [3.8, 4) is 11.6 Å². The third kappa shape index (κ3) is 4.30. The van der Waals surface area contributed by atoms with E-state index < -0.39 is 5.82 Å². The van der Waals surface area contributed by atoms with Crippen molar-refractivity contribution in [3.63, 3.8) is 0 Å². The predicted molar refractivity (Wildman–Crippen MR) is 87.9 cm³/mol. The molecule has 3 aromatic rings. The van der Waals surface area contributed by atoms with Gasteiger partial charge in [0.15, 0.2) is 12.4 Å². The molecule has 2 heterocycles. The summed E-state index contributed by atoms with van der Waals surface area (Å²) in [7, 11) is 0. The van der Waals surface area contributed by atoms with Gasteiger partial charge in [0, 0.05) is 24.4 Å². The SMILES string of the molecule is O=C(COc1ccc(F)c(Cl)c1)NCc1cccnc1-n1cncn1. The second kappa shape index (κ2) is 7.71. The molecule has 0 saturated carbocycles. The van der Waals surface area contributed by atoms with Crippen LogP contribution in [0.25, 0.3) is 5.82 Å². The standard InChI is InChI=1S/C16H13ClFN5O2/c17-13-6-12(3-4-14(13)18)25-8-15(24)21-7-11-2-1-5-20-16(11)23-10-19-9-22-23/h1-6,9-10H,7-8H2,(H,21,24). The number of hydrogen-bond acceptors (Lipinski definition) is 5. The normalized spacial score (nSPS) is 10.5. The molecule has 0 atom stereocenters. The van der Waals surface area contributed by atoms with E-state index in [1.54, 1.807) is 12.3 Å². The topological polar surface area (TPSA) is 81.9 Å². The summed E-state index contributed by atoms with van der Waals surface area (Å²) in [6, 6.07) is 7.48. The number of nitrogens with one attached hydrogen (secondary N) is 1. The number of ether oxygens (including phenoxy) is 1. The molecule has 1 aromatic carbocycles. The average molecular weight is 362 g/mol. The van der Waals surface area contributed by atoms with Crippen molar-refractivity contribution >= 4 is 17.5 Å². The third-order valence-corrected chi connectivity index (χ3v) is 3.53. The number of aromatic nitrogens is 4. The van der Waals surface area contributed by atoms with Crippen molar-refractivity contribution in [2.45, 2.75) is 6.54 Å². The second-order valence-electron chi connectivity index (χ2n) is 4.97. The summed E-state index contributed by atoms with van der Waals surface area (Å²) < 4.78 is 19.9. The zero-order valence-corrected chi connectivity index (χ0v) is 13.7. The number of carbonyl (C=O) groups is 1. The molecule has 0 aliphatic rings. The molecule has 2 aromatic heterocycles. The molecule has 9 heteroatoms. The largest absolute Gasteiger partial charge is 0.484 e. The van der Waals surface area contributed by atoms with Crippen LogP contribution >= 0.6 is 11.6 Å². The van der Waals surface area contributed by atoms with Gasteiger partial charge in [-0.3, -0.25) is 4.79 Å². The zero-order chi connectivity index (χ0) is 17.6. The molecule has 7 nitrogen and oxygen atoms in total. The molecule has 1 amide bonds. The van der Waals surface area contributed by atoms with Gasteiger partial charge >= 0.3 is 0 Å². The quantitative estimate of drug-likeness (QED) is 0.727. The van der Waals surface area contributed by atoms with Crippen molar-refractivity contribution < 1.29 is 13.9 Å². The fraction of sp³-hybridized carbons (Fsp3) is 0.125. The molecule has 128 valence electrons. The van der Waals surface area contributed by atoms with Crippen LogP contribution in [0.3, 0.4) is 0 Å². The number of amides is 1. The van der Waals surface area contributed by atoms with E-state index in [2.05, 4.69) is 20.4 Å². The van der Waals surface area contributed by atoms with Gasteiger partial charge in [-0.2, -0.15) is 5.10 Å². The molecule has 3 rings (SSSR count). The van der Waals surface area contributed by atoms with Crippen LogP contribution in [0.2, 0.25) is 5.02 Å². The van der Waals surface area contributed by atoms with Crippen LogP contribution in [0.15, 0.2) is 49.2 Å². The first kappa shape index (κ1) is 16.8. The van der Waals surface area contributed by atoms with E-state index in [-0.39, 0.29) is 24.1 Å². The van der Waals surface area contributed by atoms with E-state index in [0.29, 0.717) is 11.6 Å². The maximum atomic E-state index is 13.1. The fourth-order valence-electron chi connectivity index (χ4n) is 2.05. The van der Waals surface area contributed by atoms with Gasteiger partial charge in [-0.25, -0.2) is 19.0 Å². The highest BCUT2D eigenvalue weighted by Gasteiger charge is 2.09. The summed E-state index contributed by atoms with van der Waals surface area (Å²) in [6.45, 7) is 0.0241. The first-order valence-electron chi connectivity index (χ1n) is 7.27. The van der Waals surface area contributed by atoms with Crippen LogP contribution in [0.4, 0.5) is 4.39 Å². The molecule has 0 aliphatic carbocycles. The summed E-state index contributed by atoms with van der Waals surface area (Å²) in [5, 5.41) is 6.69. The molecule has 0 saturated heterocycles. The molecule has 0 radical (unpaired) electrons. The first-order chi connectivity index (χ1) is 12.1. The zero-order valence-electron chi connectivity index (χ0n) is 12.9. The maximum Gasteiger partial charge on any atom is 0.258 e. The molecule has 0 bridgehead atoms. The summed E-state index contributed by atoms with van der Waals surface area (Å²) in [6.07, 6.45) is 4.55. The minimum absolute atomic E-state index is 0.0641.